The van der Waals surface area contributed by atoms with E-state index >= 15 is 0 Å². The van der Waals surface area contributed by atoms with Crippen molar-refractivity contribution in [3.63, 3.8) is 0 Å². The smallest absolute Gasteiger partial charge is 0.410 e. The van der Waals surface area contributed by atoms with Crippen LogP contribution in [0.4, 0.5) is 10.5 Å². The topological polar surface area (TPSA) is 67.7 Å². The molecule has 0 aliphatic carbocycles. The van der Waals surface area contributed by atoms with Crippen LogP contribution < -0.4 is 4.90 Å². The van der Waals surface area contributed by atoms with Crippen molar-refractivity contribution in [3.8, 4) is 5.69 Å². The minimum atomic E-state index is -0.611. The quantitative estimate of drug-likeness (QED) is 0.477. The predicted octanol–water partition coefficient (Wildman–Crippen LogP) is 5.62. The number of benzene rings is 2. The third-order valence-electron chi connectivity index (χ3n) is 5.73. The molecule has 0 saturated carbocycles. The largest absolute Gasteiger partial charge is 0.444 e. The first-order valence-corrected chi connectivity index (χ1v) is 11.6. The second-order valence-corrected chi connectivity index (χ2v) is 9.96. The molecule has 2 aromatic carbocycles. The molecule has 1 atom stereocenters. The van der Waals surface area contributed by atoms with Crippen molar-refractivity contribution < 1.29 is 14.3 Å². The van der Waals surface area contributed by atoms with Gasteiger partial charge in [0.25, 0.3) is 5.91 Å². The SMILES string of the molecule is Cc1ccnn1-c1ccc(C(=O)N2C[C@@H](C)N(C(=O)OC(C)(C)C)Cc3ccccc32)c(Cl)c1. The highest BCUT2D eigenvalue weighted by Crippen LogP contribution is 2.31. The Hall–Kier alpha value is -3.32. The second kappa shape index (κ2) is 9.14. The summed E-state index contributed by atoms with van der Waals surface area (Å²) in [5, 5.41) is 4.65. The van der Waals surface area contributed by atoms with Crippen LogP contribution in [-0.2, 0) is 11.3 Å². The van der Waals surface area contributed by atoms with Gasteiger partial charge in [-0.2, -0.15) is 5.10 Å². The molecular weight excluding hydrogens is 452 g/mol. The molecule has 0 fully saturated rings. The molecule has 0 saturated heterocycles. The highest BCUT2D eigenvalue weighted by atomic mass is 35.5. The van der Waals surface area contributed by atoms with E-state index in [1.54, 1.807) is 32.8 Å². The maximum atomic E-state index is 13.7. The van der Waals surface area contributed by atoms with E-state index in [1.807, 2.05) is 71.0 Å². The number of rotatable bonds is 2. The van der Waals surface area contributed by atoms with Crippen molar-refractivity contribution >= 4 is 29.3 Å². The second-order valence-electron chi connectivity index (χ2n) is 9.55. The predicted molar refractivity (Wildman–Crippen MR) is 133 cm³/mol. The molecule has 0 radical (unpaired) electrons. The molecule has 2 heterocycles. The summed E-state index contributed by atoms with van der Waals surface area (Å²) >= 11 is 6.60. The van der Waals surface area contributed by atoms with Gasteiger partial charge in [0.15, 0.2) is 0 Å². The van der Waals surface area contributed by atoms with Crippen LogP contribution in [0.25, 0.3) is 5.69 Å². The average Bonchev–Trinajstić information content (AvgIpc) is 3.13. The molecule has 1 aliphatic rings. The molecule has 7 nitrogen and oxygen atoms in total. The van der Waals surface area contributed by atoms with Crippen LogP contribution in [0, 0.1) is 6.92 Å². The van der Waals surface area contributed by atoms with E-state index in [2.05, 4.69) is 5.10 Å². The van der Waals surface area contributed by atoms with E-state index < -0.39 is 11.7 Å². The number of nitrogens with zero attached hydrogens (tertiary/aromatic N) is 4. The zero-order valence-corrected chi connectivity index (χ0v) is 20.8. The van der Waals surface area contributed by atoms with Gasteiger partial charge >= 0.3 is 6.09 Å². The lowest BCUT2D eigenvalue weighted by Gasteiger charge is -2.31. The van der Waals surface area contributed by atoms with E-state index in [9.17, 15) is 9.59 Å². The highest BCUT2D eigenvalue weighted by Gasteiger charge is 2.34. The number of aromatic nitrogens is 2. The molecule has 178 valence electrons. The summed E-state index contributed by atoms with van der Waals surface area (Å²) in [6, 6.07) is 14.6. The number of anilines is 1. The molecule has 2 amide bonds. The minimum absolute atomic E-state index is 0.223. The van der Waals surface area contributed by atoms with Gasteiger partial charge in [-0.25, -0.2) is 9.48 Å². The Labute approximate surface area is 204 Å². The van der Waals surface area contributed by atoms with Gasteiger partial charge in [-0.1, -0.05) is 29.8 Å². The zero-order valence-electron chi connectivity index (χ0n) is 20.1. The third-order valence-corrected chi connectivity index (χ3v) is 6.05. The van der Waals surface area contributed by atoms with E-state index in [0.29, 0.717) is 23.7 Å². The molecule has 0 unspecified atom stereocenters. The van der Waals surface area contributed by atoms with Crippen molar-refractivity contribution in [3.05, 3.63) is 76.6 Å². The summed E-state index contributed by atoms with van der Waals surface area (Å²) in [5.41, 5.74) is 3.15. The van der Waals surface area contributed by atoms with Crippen LogP contribution in [0.1, 0.15) is 49.3 Å². The lowest BCUT2D eigenvalue weighted by Crippen LogP contribution is -2.46. The van der Waals surface area contributed by atoms with Crippen LogP contribution in [0.5, 0.6) is 0 Å². The van der Waals surface area contributed by atoms with Crippen LogP contribution in [0.15, 0.2) is 54.7 Å². The number of hydrogen-bond donors (Lipinski definition) is 0. The number of fused-ring (bicyclic) bond motifs is 1. The zero-order chi connectivity index (χ0) is 24.6. The third kappa shape index (κ3) is 4.80. The summed E-state index contributed by atoms with van der Waals surface area (Å²) in [6.07, 6.45) is 1.31. The van der Waals surface area contributed by atoms with Crippen LogP contribution >= 0.6 is 11.6 Å². The summed E-state index contributed by atoms with van der Waals surface area (Å²) in [7, 11) is 0. The van der Waals surface area contributed by atoms with E-state index in [-0.39, 0.29) is 11.9 Å². The van der Waals surface area contributed by atoms with Gasteiger partial charge < -0.3 is 9.64 Å². The normalized spacial score (nSPS) is 16.1. The number of para-hydroxylation sites is 1. The van der Waals surface area contributed by atoms with Gasteiger partial charge in [0.1, 0.15) is 5.60 Å². The number of halogens is 1. The highest BCUT2D eigenvalue weighted by molar-refractivity contribution is 6.34. The van der Waals surface area contributed by atoms with Gasteiger partial charge in [-0.15, -0.1) is 0 Å². The molecule has 34 heavy (non-hydrogen) atoms. The Balaban J connectivity index is 1.67. The molecule has 4 rings (SSSR count). The maximum absolute atomic E-state index is 13.7. The number of amides is 2. The van der Waals surface area contributed by atoms with Crippen LogP contribution in [-0.4, -0.2) is 44.9 Å². The van der Waals surface area contributed by atoms with Crippen molar-refractivity contribution in [2.45, 2.75) is 52.8 Å². The number of hydrogen-bond acceptors (Lipinski definition) is 4. The van der Waals surface area contributed by atoms with Crippen molar-refractivity contribution in [1.29, 1.82) is 0 Å². The Morgan fingerprint density at radius 2 is 1.85 bits per heavy atom. The molecule has 0 bridgehead atoms. The van der Waals surface area contributed by atoms with E-state index in [1.165, 1.54) is 0 Å². The Morgan fingerprint density at radius 3 is 2.50 bits per heavy atom. The lowest BCUT2D eigenvalue weighted by molar-refractivity contribution is 0.0167. The molecule has 0 spiro atoms. The summed E-state index contributed by atoms with van der Waals surface area (Å²) < 4.78 is 7.40. The van der Waals surface area contributed by atoms with Crippen molar-refractivity contribution in [2.24, 2.45) is 0 Å². The van der Waals surface area contributed by atoms with Crippen molar-refractivity contribution in [1.82, 2.24) is 14.7 Å². The molecule has 8 heteroatoms. The van der Waals surface area contributed by atoms with Gasteiger partial charge in [-0.05, 0) is 70.5 Å². The van der Waals surface area contributed by atoms with Gasteiger partial charge in [0.05, 0.1) is 28.9 Å². The Bertz CT molecular complexity index is 1230. The maximum Gasteiger partial charge on any atom is 0.410 e. The fourth-order valence-corrected chi connectivity index (χ4v) is 4.32. The first-order chi connectivity index (χ1) is 16.0. The molecule has 3 aromatic rings. The number of aryl methyl sites for hydroxylation is 1. The fraction of sp³-hybridized carbons (Fsp3) is 0.346. The van der Waals surface area contributed by atoms with Crippen LogP contribution in [0.2, 0.25) is 5.02 Å². The van der Waals surface area contributed by atoms with E-state index in [0.717, 1.165) is 22.6 Å². The number of carbonyl (C=O) groups excluding carboxylic acids is 2. The lowest BCUT2D eigenvalue weighted by atomic mass is 10.1. The Kier molecular flexibility index (Phi) is 6.41. The molecule has 0 N–H and O–H groups in total. The number of carbonyl (C=O) groups is 2. The first kappa shape index (κ1) is 23.8. The first-order valence-electron chi connectivity index (χ1n) is 11.2. The van der Waals surface area contributed by atoms with Gasteiger partial charge in [0, 0.05) is 24.1 Å². The Morgan fingerprint density at radius 1 is 1.12 bits per heavy atom. The number of ether oxygens (including phenoxy) is 1. The van der Waals surface area contributed by atoms with Crippen molar-refractivity contribution in [2.75, 3.05) is 11.4 Å². The van der Waals surface area contributed by atoms with Gasteiger partial charge in [0.2, 0.25) is 0 Å². The van der Waals surface area contributed by atoms with E-state index in [4.69, 9.17) is 16.3 Å². The molecule has 1 aliphatic heterocycles. The fourth-order valence-electron chi connectivity index (χ4n) is 4.06. The minimum Gasteiger partial charge on any atom is -0.444 e. The van der Waals surface area contributed by atoms with Gasteiger partial charge in [-0.3, -0.25) is 9.69 Å². The summed E-state index contributed by atoms with van der Waals surface area (Å²) in [5.74, 6) is -0.223. The summed E-state index contributed by atoms with van der Waals surface area (Å²) in [4.78, 5) is 30.0. The average molecular weight is 481 g/mol. The molecular formula is C26H29ClN4O3. The van der Waals surface area contributed by atoms with Crippen LogP contribution in [0.3, 0.4) is 0 Å². The summed E-state index contributed by atoms with van der Waals surface area (Å²) in [6.45, 7) is 10.1. The monoisotopic (exact) mass is 480 g/mol. The molecule has 1 aromatic heterocycles. The standard InChI is InChI=1S/C26H29ClN4O3/c1-17-12-13-28-31(17)20-10-11-21(22(27)14-20)24(32)30-15-18(2)29(25(33)34-26(3,4)5)16-19-8-6-7-9-23(19)30/h6-14,18H,15-16H2,1-5H3/t18-/m1/s1.